The highest BCUT2D eigenvalue weighted by Crippen LogP contribution is 2.24. The number of hydrogen-bond donors (Lipinski definition) is 2. The highest BCUT2D eigenvalue weighted by atomic mass is 16.3. The predicted octanol–water partition coefficient (Wildman–Crippen LogP) is 0.733. The van der Waals surface area contributed by atoms with Gasteiger partial charge in [0.05, 0.1) is 12.6 Å². The molecule has 4 heteroatoms. The summed E-state index contributed by atoms with van der Waals surface area (Å²) in [4.78, 5) is 13.9. The average Bonchev–Trinajstić information content (AvgIpc) is 2.76. The normalized spacial score (nSPS) is 19.1. The van der Waals surface area contributed by atoms with Crippen molar-refractivity contribution in [1.29, 1.82) is 0 Å². The summed E-state index contributed by atoms with van der Waals surface area (Å²) in [6, 6.07) is -0.142. The van der Waals surface area contributed by atoms with Crippen molar-refractivity contribution in [2.75, 3.05) is 13.2 Å². The average molecular weight is 228 g/mol. The quantitative estimate of drug-likeness (QED) is 0.729. The smallest absolute Gasteiger partial charge is 0.240 e. The Morgan fingerprint density at radius 1 is 1.44 bits per heavy atom. The van der Waals surface area contributed by atoms with E-state index in [4.69, 9.17) is 10.8 Å². The first kappa shape index (κ1) is 13.5. The van der Waals surface area contributed by atoms with Gasteiger partial charge in [-0.3, -0.25) is 4.79 Å². The number of nitrogens with two attached hydrogens (primary N) is 1. The number of carbonyl (C=O) groups excluding carboxylic acids is 1. The number of aliphatic hydroxyl groups excluding tert-OH is 1. The van der Waals surface area contributed by atoms with Crippen LogP contribution in [0.15, 0.2) is 0 Å². The van der Waals surface area contributed by atoms with E-state index in [1.54, 1.807) is 4.90 Å². The Hall–Kier alpha value is -0.610. The third-order valence-corrected chi connectivity index (χ3v) is 3.39. The lowest BCUT2D eigenvalue weighted by atomic mass is 10.0. The maximum atomic E-state index is 12.2. The zero-order valence-corrected chi connectivity index (χ0v) is 10.4. The van der Waals surface area contributed by atoms with Gasteiger partial charge < -0.3 is 15.7 Å². The summed E-state index contributed by atoms with van der Waals surface area (Å²) >= 11 is 0. The molecule has 0 aliphatic heterocycles. The van der Waals surface area contributed by atoms with Crippen LogP contribution in [-0.4, -0.2) is 41.1 Å². The van der Waals surface area contributed by atoms with Crippen LogP contribution in [0.1, 0.15) is 39.5 Å². The molecule has 1 saturated carbocycles. The van der Waals surface area contributed by atoms with Crippen molar-refractivity contribution in [3.63, 3.8) is 0 Å². The minimum absolute atomic E-state index is 0.00375. The SMILES string of the molecule is CC(C)C(N)C(=O)N(CCO)C1CCCC1. The maximum Gasteiger partial charge on any atom is 0.240 e. The molecule has 0 aromatic rings. The summed E-state index contributed by atoms with van der Waals surface area (Å²) in [5, 5.41) is 9.03. The Labute approximate surface area is 97.8 Å². The minimum atomic E-state index is -0.438. The molecule has 0 spiro atoms. The van der Waals surface area contributed by atoms with Crippen molar-refractivity contribution in [3.05, 3.63) is 0 Å². The lowest BCUT2D eigenvalue weighted by Crippen LogP contribution is -2.50. The molecule has 1 rings (SSSR count). The fraction of sp³-hybridized carbons (Fsp3) is 0.917. The first-order chi connectivity index (χ1) is 7.57. The highest BCUT2D eigenvalue weighted by Gasteiger charge is 2.30. The van der Waals surface area contributed by atoms with E-state index in [9.17, 15) is 4.79 Å². The summed E-state index contributed by atoms with van der Waals surface area (Å²) in [6.07, 6.45) is 4.46. The number of amides is 1. The predicted molar refractivity (Wildman–Crippen MR) is 63.9 cm³/mol. The number of carbonyl (C=O) groups is 1. The highest BCUT2D eigenvalue weighted by molar-refractivity contribution is 5.82. The Kier molecular flexibility index (Phi) is 5.22. The Morgan fingerprint density at radius 3 is 2.44 bits per heavy atom. The molecule has 1 atom stereocenters. The third-order valence-electron chi connectivity index (χ3n) is 3.39. The van der Waals surface area contributed by atoms with Gasteiger partial charge in [0.25, 0.3) is 0 Å². The second-order valence-corrected chi connectivity index (χ2v) is 4.96. The molecule has 94 valence electrons. The Bertz CT molecular complexity index is 225. The number of nitrogens with zero attached hydrogens (tertiary/aromatic N) is 1. The lowest BCUT2D eigenvalue weighted by molar-refractivity contribution is -0.136. The van der Waals surface area contributed by atoms with Crippen LogP contribution in [0.25, 0.3) is 0 Å². The van der Waals surface area contributed by atoms with E-state index in [-0.39, 0.29) is 18.4 Å². The molecule has 16 heavy (non-hydrogen) atoms. The Balaban J connectivity index is 2.64. The van der Waals surface area contributed by atoms with E-state index in [1.807, 2.05) is 13.8 Å². The van der Waals surface area contributed by atoms with Crippen LogP contribution in [0.3, 0.4) is 0 Å². The molecular formula is C12H24N2O2. The standard InChI is InChI=1S/C12H24N2O2/c1-9(2)11(13)12(16)14(7-8-15)10-5-3-4-6-10/h9-11,15H,3-8,13H2,1-2H3. The van der Waals surface area contributed by atoms with Gasteiger partial charge in [0.2, 0.25) is 5.91 Å². The lowest BCUT2D eigenvalue weighted by Gasteiger charge is -2.31. The van der Waals surface area contributed by atoms with Crippen LogP contribution < -0.4 is 5.73 Å². The molecule has 0 aromatic carbocycles. The van der Waals surface area contributed by atoms with Gasteiger partial charge in [-0.05, 0) is 18.8 Å². The van der Waals surface area contributed by atoms with Gasteiger partial charge in [-0.25, -0.2) is 0 Å². The molecule has 4 nitrogen and oxygen atoms in total. The van der Waals surface area contributed by atoms with Crippen molar-refractivity contribution in [2.45, 2.75) is 51.6 Å². The first-order valence-corrected chi connectivity index (χ1v) is 6.24. The molecule has 1 unspecified atom stereocenters. The second kappa shape index (κ2) is 6.21. The maximum absolute atomic E-state index is 12.2. The molecule has 0 heterocycles. The van der Waals surface area contributed by atoms with Crippen LogP contribution in [-0.2, 0) is 4.79 Å². The molecule has 1 fully saturated rings. The monoisotopic (exact) mass is 228 g/mol. The van der Waals surface area contributed by atoms with Crippen LogP contribution in [0.2, 0.25) is 0 Å². The van der Waals surface area contributed by atoms with Gasteiger partial charge in [-0.15, -0.1) is 0 Å². The van der Waals surface area contributed by atoms with Gasteiger partial charge >= 0.3 is 0 Å². The van der Waals surface area contributed by atoms with Crippen LogP contribution in [0.4, 0.5) is 0 Å². The molecule has 0 aromatic heterocycles. The largest absolute Gasteiger partial charge is 0.395 e. The molecule has 1 aliphatic carbocycles. The van der Waals surface area contributed by atoms with Crippen molar-refractivity contribution >= 4 is 5.91 Å². The van der Waals surface area contributed by atoms with Crippen molar-refractivity contribution < 1.29 is 9.90 Å². The number of rotatable bonds is 5. The van der Waals surface area contributed by atoms with Crippen molar-refractivity contribution in [2.24, 2.45) is 11.7 Å². The van der Waals surface area contributed by atoms with Crippen molar-refractivity contribution in [1.82, 2.24) is 4.90 Å². The summed E-state index contributed by atoms with van der Waals surface area (Å²) in [6.45, 7) is 4.35. The first-order valence-electron chi connectivity index (χ1n) is 6.24. The van der Waals surface area contributed by atoms with E-state index >= 15 is 0 Å². The zero-order valence-electron chi connectivity index (χ0n) is 10.4. The van der Waals surface area contributed by atoms with Crippen LogP contribution in [0.5, 0.6) is 0 Å². The molecule has 1 amide bonds. The second-order valence-electron chi connectivity index (χ2n) is 4.96. The van der Waals surface area contributed by atoms with Gasteiger partial charge in [0.1, 0.15) is 0 Å². The number of hydrogen-bond acceptors (Lipinski definition) is 3. The van der Waals surface area contributed by atoms with E-state index in [2.05, 4.69) is 0 Å². The van der Waals surface area contributed by atoms with Gasteiger partial charge in [0, 0.05) is 12.6 Å². The van der Waals surface area contributed by atoms with E-state index in [0.717, 1.165) is 12.8 Å². The van der Waals surface area contributed by atoms with Gasteiger partial charge in [-0.2, -0.15) is 0 Å². The summed E-state index contributed by atoms with van der Waals surface area (Å²) < 4.78 is 0. The van der Waals surface area contributed by atoms with E-state index in [1.165, 1.54) is 12.8 Å². The molecule has 1 aliphatic rings. The summed E-state index contributed by atoms with van der Waals surface area (Å²) in [5.41, 5.74) is 5.89. The Morgan fingerprint density at radius 2 is 2.00 bits per heavy atom. The number of aliphatic hydroxyl groups is 1. The fourth-order valence-electron chi connectivity index (χ4n) is 2.27. The molecule has 0 bridgehead atoms. The molecular weight excluding hydrogens is 204 g/mol. The third kappa shape index (κ3) is 3.19. The van der Waals surface area contributed by atoms with E-state index < -0.39 is 6.04 Å². The minimum Gasteiger partial charge on any atom is -0.395 e. The molecule has 0 radical (unpaired) electrons. The van der Waals surface area contributed by atoms with Gasteiger partial charge in [0.15, 0.2) is 0 Å². The molecule has 0 saturated heterocycles. The van der Waals surface area contributed by atoms with Crippen molar-refractivity contribution in [3.8, 4) is 0 Å². The topological polar surface area (TPSA) is 66.6 Å². The van der Waals surface area contributed by atoms with E-state index in [0.29, 0.717) is 12.6 Å². The summed E-state index contributed by atoms with van der Waals surface area (Å²) in [7, 11) is 0. The zero-order chi connectivity index (χ0) is 12.1. The van der Waals surface area contributed by atoms with Gasteiger partial charge in [-0.1, -0.05) is 26.7 Å². The summed E-state index contributed by atoms with van der Waals surface area (Å²) in [5.74, 6) is 0.144. The van der Waals surface area contributed by atoms with Crippen LogP contribution in [0, 0.1) is 5.92 Å². The fourth-order valence-corrected chi connectivity index (χ4v) is 2.27. The van der Waals surface area contributed by atoms with Crippen LogP contribution >= 0.6 is 0 Å². The molecule has 3 N–H and O–H groups in total.